The maximum atomic E-state index is 14.1. The average Bonchev–Trinajstić information content (AvgIpc) is 2.40. The molecular weight excluding hydrogens is 294 g/mol. The van der Waals surface area contributed by atoms with Crippen LogP contribution in [-0.4, -0.2) is 24.4 Å². The maximum Gasteiger partial charge on any atom is 0.416 e. The second-order valence-electron chi connectivity index (χ2n) is 4.65. The normalized spacial score (nSPS) is 26.2. The topological polar surface area (TPSA) is 78.2 Å². The molecule has 0 aromatic heterocycles. The molecule has 1 saturated heterocycles. The lowest BCUT2D eigenvalue weighted by molar-refractivity contribution is -0.137. The summed E-state index contributed by atoms with van der Waals surface area (Å²) in [6.45, 7) is -0.101. The summed E-state index contributed by atoms with van der Waals surface area (Å²) in [4.78, 5) is 2.59. The number of hydrogen-bond acceptors (Lipinski definition) is 3. The van der Waals surface area contributed by atoms with Gasteiger partial charge in [0.2, 0.25) is 0 Å². The van der Waals surface area contributed by atoms with Crippen molar-refractivity contribution in [3.8, 4) is 0 Å². The Labute approximate surface area is 116 Å². The highest BCUT2D eigenvalue weighted by molar-refractivity contribution is 5.33. The fourth-order valence-corrected chi connectivity index (χ4v) is 2.33. The summed E-state index contributed by atoms with van der Waals surface area (Å²) < 4.78 is 56.7. The lowest BCUT2D eigenvalue weighted by Crippen LogP contribution is -2.46. The Morgan fingerprint density at radius 2 is 2.14 bits per heavy atom. The van der Waals surface area contributed by atoms with Crippen molar-refractivity contribution in [1.82, 2.24) is 0 Å². The Balaban J connectivity index is 2.54. The summed E-state index contributed by atoms with van der Waals surface area (Å²) in [7, 11) is 0. The molecule has 21 heavy (non-hydrogen) atoms. The van der Waals surface area contributed by atoms with Crippen molar-refractivity contribution in [2.45, 2.75) is 24.2 Å². The second-order valence-corrected chi connectivity index (χ2v) is 4.65. The van der Waals surface area contributed by atoms with Crippen LogP contribution in [0.3, 0.4) is 0 Å². The van der Waals surface area contributed by atoms with Crippen molar-refractivity contribution < 1.29 is 27.4 Å². The van der Waals surface area contributed by atoms with Crippen LogP contribution in [-0.2, 0) is 16.5 Å². The summed E-state index contributed by atoms with van der Waals surface area (Å²) in [6, 6.07) is 1.91. The zero-order valence-corrected chi connectivity index (χ0v) is 10.6. The van der Waals surface area contributed by atoms with Crippen molar-refractivity contribution in [3.63, 3.8) is 0 Å². The van der Waals surface area contributed by atoms with E-state index in [9.17, 15) is 22.7 Å². The van der Waals surface area contributed by atoms with E-state index in [1.807, 2.05) is 0 Å². The summed E-state index contributed by atoms with van der Waals surface area (Å²) in [6.07, 6.45) is -6.05. The highest BCUT2D eigenvalue weighted by atomic mass is 19.4. The SMILES string of the molecule is [N-]=[N+]=NC1(c2ccc(C(F)(F)F)cc2F)CCOCC1O. The van der Waals surface area contributed by atoms with Gasteiger partial charge in [0.25, 0.3) is 0 Å². The third-order valence-electron chi connectivity index (χ3n) is 3.44. The predicted molar refractivity (Wildman–Crippen MR) is 63.7 cm³/mol. The van der Waals surface area contributed by atoms with Gasteiger partial charge in [-0.25, -0.2) is 4.39 Å². The molecule has 1 fully saturated rings. The minimum absolute atomic E-state index is 0.0273. The third-order valence-corrected chi connectivity index (χ3v) is 3.44. The van der Waals surface area contributed by atoms with Crippen LogP contribution in [0.2, 0.25) is 0 Å². The van der Waals surface area contributed by atoms with E-state index in [-0.39, 0.29) is 25.2 Å². The lowest BCUT2D eigenvalue weighted by atomic mass is 9.80. The molecule has 1 aromatic carbocycles. The number of hydrogen-bond donors (Lipinski definition) is 1. The van der Waals surface area contributed by atoms with Crippen LogP contribution in [0.4, 0.5) is 17.6 Å². The first-order valence-corrected chi connectivity index (χ1v) is 6.00. The molecule has 2 atom stereocenters. The summed E-state index contributed by atoms with van der Waals surface area (Å²) in [5, 5.41) is 13.4. The Morgan fingerprint density at radius 3 is 2.67 bits per heavy atom. The zero-order chi connectivity index (χ0) is 15.7. The van der Waals surface area contributed by atoms with Crippen molar-refractivity contribution in [2.75, 3.05) is 13.2 Å². The van der Waals surface area contributed by atoms with E-state index < -0.39 is 29.2 Å². The first kappa shape index (κ1) is 15.6. The van der Waals surface area contributed by atoms with Gasteiger partial charge in [-0.2, -0.15) is 13.2 Å². The molecule has 1 aliphatic rings. The number of rotatable bonds is 2. The standard InChI is InChI=1S/C12H11F4N3O2/c13-9-5-7(12(14,15)16)1-2-8(9)11(18-19-17)3-4-21-6-10(11)20/h1-2,5,10,20H,3-4,6H2. The minimum Gasteiger partial charge on any atom is -0.390 e. The Hall–Kier alpha value is -1.83. The smallest absolute Gasteiger partial charge is 0.390 e. The van der Waals surface area contributed by atoms with E-state index in [4.69, 9.17) is 10.3 Å². The summed E-state index contributed by atoms with van der Waals surface area (Å²) in [5.41, 5.74) is 5.55. The number of alkyl halides is 3. The second kappa shape index (κ2) is 5.51. The first-order valence-electron chi connectivity index (χ1n) is 6.00. The van der Waals surface area contributed by atoms with Gasteiger partial charge in [0, 0.05) is 17.1 Å². The van der Waals surface area contributed by atoms with Crippen LogP contribution in [0.25, 0.3) is 10.4 Å². The summed E-state index contributed by atoms with van der Waals surface area (Å²) in [5.74, 6) is -1.18. The van der Waals surface area contributed by atoms with Crippen LogP contribution in [0.15, 0.2) is 23.3 Å². The van der Waals surface area contributed by atoms with Gasteiger partial charge in [-0.1, -0.05) is 11.2 Å². The van der Waals surface area contributed by atoms with Gasteiger partial charge in [-0.05, 0) is 24.1 Å². The molecule has 0 amide bonds. The van der Waals surface area contributed by atoms with Crippen LogP contribution >= 0.6 is 0 Å². The summed E-state index contributed by atoms with van der Waals surface area (Å²) >= 11 is 0. The van der Waals surface area contributed by atoms with Crippen LogP contribution in [0.5, 0.6) is 0 Å². The van der Waals surface area contributed by atoms with E-state index in [1.54, 1.807) is 0 Å². The van der Waals surface area contributed by atoms with Gasteiger partial charge in [-0.3, -0.25) is 0 Å². The minimum atomic E-state index is -4.68. The van der Waals surface area contributed by atoms with Crippen molar-refractivity contribution >= 4 is 0 Å². The highest BCUT2D eigenvalue weighted by Gasteiger charge is 2.44. The van der Waals surface area contributed by atoms with E-state index in [1.165, 1.54) is 0 Å². The molecule has 1 heterocycles. The molecule has 0 bridgehead atoms. The molecule has 0 aliphatic carbocycles. The third kappa shape index (κ3) is 2.80. The van der Waals surface area contributed by atoms with E-state index in [0.717, 1.165) is 6.07 Å². The molecule has 114 valence electrons. The number of halogens is 4. The Kier molecular flexibility index (Phi) is 4.08. The molecule has 2 rings (SSSR count). The quantitative estimate of drug-likeness (QED) is 0.394. The monoisotopic (exact) mass is 305 g/mol. The van der Waals surface area contributed by atoms with Gasteiger partial charge in [0.05, 0.1) is 18.3 Å². The fourth-order valence-electron chi connectivity index (χ4n) is 2.33. The molecule has 2 unspecified atom stereocenters. The molecule has 9 heteroatoms. The highest BCUT2D eigenvalue weighted by Crippen LogP contribution is 2.40. The van der Waals surface area contributed by atoms with Gasteiger partial charge in [0.15, 0.2) is 0 Å². The van der Waals surface area contributed by atoms with Crippen LogP contribution in [0, 0.1) is 5.82 Å². The van der Waals surface area contributed by atoms with Crippen molar-refractivity contribution in [1.29, 1.82) is 0 Å². The first-order chi connectivity index (χ1) is 9.81. The molecule has 0 spiro atoms. The average molecular weight is 305 g/mol. The van der Waals surface area contributed by atoms with E-state index in [0.29, 0.717) is 12.1 Å². The van der Waals surface area contributed by atoms with Gasteiger partial charge >= 0.3 is 6.18 Å². The molecular formula is C12H11F4N3O2. The predicted octanol–water partition coefficient (Wildman–Crippen LogP) is 3.13. The van der Waals surface area contributed by atoms with Crippen molar-refractivity contribution in [2.24, 2.45) is 5.11 Å². The number of aliphatic hydroxyl groups is 1. The number of ether oxygens (including phenoxy) is 1. The number of nitrogens with zero attached hydrogens (tertiary/aromatic N) is 3. The Morgan fingerprint density at radius 1 is 1.43 bits per heavy atom. The lowest BCUT2D eigenvalue weighted by Gasteiger charge is -2.38. The molecule has 1 aromatic rings. The van der Waals surface area contributed by atoms with E-state index >= 15 is 0 Å². The van der Waals surface area contributed by atoms with Gasteiger partial charge in [-0.15, -0.1) is 0 Å². The zero-order valence-electron chi connectivity index (χ0n) is 10.6. The number of azide groups is 1. The molecule has 1 N–H and O–H groups in total. The van der Waals surface area contributed by atoms with Crippen LogP contribution in [0.1, 0.15) is 17.5 Å². The van der Waals surface area contributed by atoms with E-state index in [2.05, 4.69) is 10.0 Å². The van der Waals surface area contributed by atoms with Crippen LogP contribution < -0.4 is 0 Å². The molecule has 1 aliphatic heterocycles. The number of benzene rings is 1. The van der Waals surface area contributed by atoms with Crippen molar-refractivity contribution in [3.05, 3.63) is 45.6 Å². The molecule has 0 saturated carbocycles. The van der Waals surface area contributed by atoms with Gasteiger partial charge in [0.1, 0.15) is 11.4 Å². The Bertz CT molecular complexity index is 586. The molecule has 0 radical (unpaired) electrons. The molecule has 5 nitrogen and oxygen atoms in total. The fraction of sp³-hybridized carbons (Fsp3) is 0.500. The maximum absolute atomic E-state index is 14.1. The van der Waals surface area contributed by atoms with Gasteiger partial charge < -0.3 is 9.84 Å². The largest absolute Gasteiger partial charge is 0.416 e. The number of aliphatic hydroxyl groups excluding tert-OH is 1.